The van der Waals surface area contributed by atoms with Crippen molar-refractivity contribution in [3.05, 3.63) is 95.6 Å². The van der Waals surface area contributed by atoms with Crippen molar-refractivity contribution in [1.82, 2.24) is 19.4 Å². The summed E-state index contributed by atoms with van der Waals surface area (Å²) in [5.41, 5.74) is 0.902. The molecule has 0 bridgehead atoms. The molecule has 3 fully saturated rings. The number of rotatable bonds is 10. The van der Waals surface area contributed by atoms with Crippen molar-refractivity contribution in [2.45, 2.75) is 108 Å². The smallest absolute Gasteiger partial charge is 0.416 e. The Balaban J connectivity index is 0.000000325. The van der Waals surface area contributed by atoms with Gasteiger partial charge < -0.3 is 19.7 Å². The summed E-state index contributed by atoms with van der Waals surface area (Å²) in [6.07, 6.45) is 4.30. The van der Waals surface area contributed by atoms with Crippen LogP contribution in [0.25, 0.3) is 0 Å². The van der Waals surface area contributed by atoms with Gasteiger partial charge in [-0.3, -0.25) is 9.69 Å². The molecule has 3 aliphatic rings. The highest BCUT2D eigenvalue weighted by atomic mass is 32.2. The van der Waals surface area contributed by atoms with Gasteiger partial charge >= 0.3 is 12.3 Å². The number of halogens is 3. The summed E-state index contributed by atoms with van der Waals surface area (Å²) in [4.78, 5) is 27.2. The first-order valence-electron chi connectivity index (χ1n) is 20.2. The number of ether oxygens (including phenoxy) is 2. The van der Waals surface area contributed by atoms with Gasteiger partial charge in [-0.05, 0) is 112 Å². The van der Waals surface area contributed by atoms with Gasteiger partial charge in [-0.2, -0.15) is 13.2 Å². The number of alkyl carbamates (subject to hydrolysis) is 1. The Bertz CT molecular complexity index is 1570. The first-order valence-corrected chi connectivity index (χ1v) is 20.9. The van der Waals surface area contributed by atoms with Gasteiger partial charge in [0.15, 0.2) is 0 Å². The van der Waals surface area contributed by atoms with Gasteiger partial charge in [0.25, 0.3) is 0 Å². The number of hydrogen-bond donors (Lipinski definition) is 1. The quantitative estimate of drug-likeness (QED) is 0.162. The summed E-state index contributed by atoms with van der Waals surface area (Å²) in [6, 6.07) is 24.1. The number of nitrogens with one attached hydrogen (secondary N) is 1. The van der Waals surface area contributed by atoms with Crippen LogP contribution in [0.4, 0.5) is 18.0 Å². The fourth-order valence-electron chi connectivity index (χ4n) is 7.09. The summed E-state index contributed by atoms with van der Waals surface area (Å²) in [7, 11) is 0. The number of likely N-dealkylation sites (tertiary alicyclic amines) is 1. The fraction of sp³-hybridized carbons (Fsp3) is 0.545. The number of alkyl halides is 3. The average Bonchev–Trinajstić information content (AvgIpc) is 3.20. The lowest BCUT2D eigenvalue weighted by molar-refractivity contribution is -0.137. The molecule has 12 heteroatoms. The number of amides is 2. The highest BCUT2D eigenvalue weighted by molar-refractivity contribution is 7.97. The van der Waals surface area contributed by atoms with Gasteiger partial charge in [-0.25, -0.2) is 9.10 Å². The summed E-state index contributed by atoms with van der Waals surface area (Å²) >= 11 is 1.76. The normalized spacial score (nSPS) is 18.0. The van der Waals surface area contributed by atoms with Crippen LogP contribution in [-0.2, 0) is 15.7 Å². The lowest BCUT2D eigenvalue weighted by atomic mass is 9.90. The van der Waals surface area contributed by atoms with Crippen LogP contribution in [0.2, 0.25) is 0 Å². The van der Waals surface area contributed by atoms with E-state index in [-0.39, 0.29) is 18.2 Å². The van der Waals surface area contributed by atoms with Crippen LogP contribution in [0.5, 0.6) is 5.75 Å². The van der Waals surface area contributed by atoms with E-state index in [9.17, 15) is 22.8 Å². The zero-order valence-electron chi connectivity index (χ0n) is 33.7. The molecule has 0 aromatic heterocycles. The van der Waals surface area contributed by atoms with Crippen molar-refractivity contribution >= 4 is 24.5 Å². The molecule has 6 rings (SSSR count). The molecule has 2 heterocycles. The first-order chi connectivity index (χ1) is 26.9. The Kier molecular flexibility index (Phi) is 17.9. The largest absolute Gasteiger partial charge is 0.493 e. The van der Waals surface area contributed by atoms with Gasteiger partial charge in [0.05, 0.1) is 18.2 Å². The molecular weight excluding hydrogens is 738 g/mol. The van der Waals surface area contributed by atoms with Crippen molar-refractivity contribution in [3.8, 4) is 5.75 Å². The molecule has 0 spiro atoms. The van der Waals surface area contributed by atoms with E-state index in [1.165, 1.54) is 49.1 Å². The molecule has 1 unspecified atom stereocenters. The maximum atomic E-state index is 13.1. The molecule has 56 heavy (non-hydrogen) atoms. The number of piperazine rings is 1. The average molecular weight is 799 g/mol. The molecule has 3 aromatic carbocycles. The van der Waals surface area contributed by atoms with E-state index in [1.807, 2.05) is 52.8 Å². The van der Waals surface area contributed by atoms with Gasteiger partial charge in [0, 0.05) is 50.2 Å². The second-order valence-electron chi connectivity index (χ2n) is 15.3. The topological polar surface area (TPSA) is 74.4 Å². The second kappa shape index (κ2) is 22.3. The molecule has 1 atom stereocenters. The van der Waals surface area contributed by atoms with Crippen LogP contribution >= 0.6 is 11.9 Å². The summed E-state index contributed by atoms with van der Waals surface area (Å²) in [6.45, 7) is 15.1. The number of carbonyl (C=O) groups excluding carboxylic acids is 2. The standard InChI is InChI=1S/C31H35F3N2OS.C11H20N2O3.C2H6/c32-31(33,34)27-13-11-26(12-14-27)30(25-9-5-2-6-10-25)35-19-21-36(22-20-35)38-29-17-15-28(16-18-29)37-23-24-7-3-1-4-8-24;1-11(2,3)16-10(15)12-9-4-6-13(8-14)7-5-9;1-2/h2,5-6,9-18,24,30H,1,3-4,7-8,19-23H2;8-9H,4-7H2,1-3H3,(H,12,15);1-2H3. The minimum Gasteiger partial charge on any atom is -0.493 e. The van der Waals surface area contributed by atoms with E-state index < -0.39 is 17.3 Å². The van der Waals surface area contributed by atoms with Crippen LogP contribution in [0, 0.1) is 5.92 Å². The van der Waals surface area contributed by atoms with Gasteiger partial charge in [-0.15, -0.1) is 0 Å². The van der Waals surface area contributed by atoms with E-state index in [0.29, 0.717) is 19.0 Å². The summed E-state index contributed by atoms with van der Waals surface area (Å²) in [5, 5.41) is 2.82. The molecule has 0 radical (unpaired) electrons. The molecule has 3 aromatic rings. The maximum Gasteiger partial charge on any atom is 0.416 e. The van der Waals surface area contributed by atoms with Crippen molar-refractivity contribution in [1.29, 1.82) is 0 Å². The lowest BCUT2D eigenvalue weighted by Crippen LogP contribution is -2.45. The molecule has 308 valence electrons. The zero-order valence-corrected chi connectivity index (χ0v) is 34.5. The van der Waals surface area contributed by atoms with E-state index in [2.05, 4.69) is 50.9 Å². The number of hydrogen-bond acceptors (Lipinski definition) is 7. The Morgan fingerprint density at radius 3 is 1.95 bits per heavy atom. The van der Waals surface area contributed by atoms with E-state index in [4.69, 9.17) is 9.47 Å². The van der Waals surface area contributed by atoms with Gasteiger partial charge in [-0.1, -0.05) is 75.6 Å². The Labute approximate surface area is 336 Å². The van der Waals surface area contributed by atoms with E-state index in [0.717, 1.165) is 68.9 Å². The van der Waals surface area contributed by atoms with Gasteiger partial charge in [0.1, 0.15) is 11.4 Å². The highest BCUT2D eigenvalue weighted by Gasteiger charge is 2.32. The molecule has 2 aliphatic heterocycles. The summed E-state index contributed by atoms with van der Waals surface area (Å²) < 4.78 is 53.0. The monoisotopic (exact) mass is 798 g/mol. The predicted octanol–water partition coefficient (Wildman–Crippen LogP) is 10.2. The van der Waals surface area contributed by atoms with Crippen molar-refractivity contribution in [2.24, 2.45) is 5.92 Å². The predicted molar refractivity (Wildman–Crippen MR) is 219 cm³/mol. The SMILES string of the molecule is CC.CC(C)(C)OC(=O)NC1CCN(C=O)CC1.FC(F)(F)c1ccc(C(c2ccccc2)N2CCN(Sc3ccc(OCC4CCCCC4)cc3)CC2)cc1. The third kappa shape index (κ3) is 15.0. The Morgan fingerprint density at radius 2 is 1.39 bits per heavy atom. The van der Waals surface area contributed by atoms with Crippen LogP contribution in [0.3, 0.4) is 0 Å². The minimum absolute atomic E-state index is 0.0776. The van der Waals surface area contributed by atoms with Crippen LogP contribution in [-0.4, -0.2) is 84.1 Å². The molecule has 1 N–H and O–H groups in total. The minimum atomic E-state index is -4.33. The van der Waals surface area contributed by atoms with E-state index in [1.54, 1.807) is 29.0 Å². The van der Waals surface area contributed by atoms with Crippen molar-refractivity contribution in [3.63, 3.8) is 0 Å². The van der Waals surface area contributed by atoms with Crippen LogP contribution < -0.4 is 10.1 Å². The zero-order chi connectivity index (χ0) is 40.6. The third-order valence-corrected chi connectivity index (χ3v) is 11.1. The van der Waals surface area contributed by atoms with Gasteiger partial charge in [0.2, 0.25) is 6.41 Å². The second-order valence-corrected chi connectivity index (χ2v) is 16.5. The molecule has 8 nitrogen and oxygen atoms in total. The summed E-state index contributed by atoms with van der Waals surface area (Å²) in [5.74, 6) is 1.63. The molecule has 2 amide bonds. The van der Waals surface area contributed by atoms with Crippen LogP contribution in [0.15, 0.2) is 83.8 Å². The Hall–Kier alpha value is -3.74. The van der Waals surface area contributed by atoms with E-state index >= 15 is 0 Å². The number of piperidine rings is 1. The van der Waals surface area contributed by atoms with Crippen molar-refractivity contribution in [2.75, 3.05) is 45.9 Å². The number of carbonyl (C=O) groups is 2. The fourth-order valence-corrected chi connectivity index (χ4v) is 8.00. The first kappa shape index (κ1) is 45.0. The Morgan fingerprint density at radius 1 is 0.804 bits per heavy atom. The maximum absolute atomic E-state index is 13.1. The highest BCUT2D eigenvalue weighted by Crippen LogP contribution is 2.35. The van der Waals surface area contributed by atoms with Crippen LogP contribution in [0.1, 0.15) is 102 Å². The lowest BCUT2D eigenvalue weighted by Gasteiger charge is -2.39. The molecule has 2 saturated heterocycles. The van der Waals surface area contributed by atoms with Crippen molar-refractivity contribution < 1.29 is 32.2 Å². The molecule has 1 saturated carbocycles. The number of benzene rings is 3. The third-order valence-electron chi connectivity index (χ3n) is 9.98. The molecular formula is C44H61F3N4O4S. The molecule has 1 aliphatic carbocycles. The number of nitrogens with zero attached hydrogens (tertiary/aromatic N) is 3.